The largest absolute Gasteiger partial charge is 0.327 e. The van der Waals surface area contributed by atoms with Crippen LogP contribution < -0.4 is 5.73 Å². The number of sulfone groups is 1. The Morgan fingerprint density at radius 2 is 2.06 bits per heavy atom. The lowest BCUT2D eigenvalue weighted by Gasteiger charge is -2.08. The van der Waals surface area contributed by atoms with Gasteiger partial charge in [0.2, 0.25) is 0 Å². The molecule has 0 atom stereocenters. The molecule has 0 saturated carbocycles. The van der Waals surface area contributed by atoms with Gasteiger partial charge in [0.1, 0.15) is 0 Å². The predicted molar refractivity (Wildman–Crippen MR) is 66.9 cm³/mol. The molecular weight excluding hydrogens is 222 g/mol. The van der Waals surface area contributed by atoms with Crippen LogP contribution in [-0.4, -0.2) is 20.2 Å². The van der Waals surface area contributed by atoms with Crippen LogP contribution in [0.15, 0.2) is 35.2 Å². The standard InChI is InChI=1S/C12H17NO2S/c1-10(2)16(14,15)12-7-3-5-11(9-12)6-4-8-13/h3-7,9-10H,8,13H2,1-2H3. The topological polar surface area (TPSA) is 60.2 Å². The van der Waals surface area contributed by atoms with Crippen molar-refractivity contribution >= 4 is 15.9 Å². The molecule has 16 heavy (non-hydrogen) atoms. The first kappa shape index (κ1) is 12.9. The molecule has 0 saturated heterocycles. The van der Waals surface area contributed by atoms with Gasteiger partial charge >= 0.3 is 0 Å². The smallest absolute Gasteiger partial charge is 0.180 e. The third-order valence-corrected chi connectivity index (χ3v) is 4.41. The van der Waals surface area contributed by atoms with Gasteiger partial charge in [-0.05, 0) is 31.5 Å². The maximum atomic E-state index is 11.9. The summed E-state index contributed by atoms with van der Waals surface area (Å²) in [5.41, 5.74) is 6.20. The molecule has 0 amide bonds. The van der Waals surface area contributed by atoms with Crippen molar-refractivity contribution < 1.29 is 8.42 Å². The second-order valence-corrected chi connectivity index (χ2v) is 6.31. The average Bonchev–Trinajstić information content (AvgIpc) is 2.26. The number of nitrogens with two attached hydrogens (primary N) is 1. The van der Waals surface area contributed by atoms with Crippen molar-refractivity contribution in [1.29, 1.82) is 0 Å². The molecule has 0 aliphatic heterocycles. The minimum Gasteiger partial charge on any atom is -0.327 e. The predicted octanol–water partition coefficient (Wildman–Crippen LogP) is 1.84. The fraction of sp³-hybridized carbons (Fsp3) is 0.333. The Bertz CT molecular complexity index is 476. The lowest BCUT2D eigenvalue weighted by molar-refractivity contribution is 0.587. The van der Waals surface area contributed by atoms with Crippen LogP contribution in [0.4, 0.5) is 0 Å². The molecule has 0 bridgehead atoms. The molecule has 0 fully saturated rings. The van der Waals surface area contributed by atoms with Gasteiger partial charge in [-0.25, -0.2) is 8.42 Å². The molecule has 0 spiro atoms. The Labute approximate surface area is 96.9 Å². The molecule has 1 aromatic carbocycles. The van der Waals surface area contributed by atoms with Gasteiger partial charge < -0.3 is 5.73 Å². The molecule has 2 N–H and O–H groups in total. The molecule has 0 aliphatic rings. The molecule has 0 unspecified atom stereocenters. The molecule has 88 valence electrons. The zero-order chi connectivity index (χ0) is 12.2. The second kappa shape index (κ2) is 5.27. The van der Waals surface area contributed by atoms with Gasteiger partial charge in [0.15, 0.2) is 9.84 Å². The Morgan fingerprint density at radius 3 is 2.62 bits per heavy atom. The van der Waals surface area contributed by atoms with Gasteiger partial charge in [-0.2, -0.15) is 0 Å². The summed E-state index contributed by atoms with van der Waals surface area (Å²) in [6.45, 7) is 3.80. The lowest BCUT2D eigenvalue weighted by Crippen LogP contribution is -2.13. The van der Waals surface area contributed by atoms with Crippen molar-refractivity contribution in [2.45, 2.75) is 24.0 Å². The summed E-state index contributed by atoms with van der Waals surface area (Å²) in [6.07, 6.45) is 3.61. The van der Waals surface area contributed by atoms with E-state index in [2.05, 4.69) is 0 Å². The highest BCUT2D eigenvalue weighted by Gasteiger charge is 2.18. The number of benzene rings is 1. The third kappa shape index (κ3) is 2.93. The Morgan fingerprint density at radius 1 is 1.38 bits per heavy atom. The highest BCUT2D eigenvalue weighted by atomic mass is 32.2. The molecule has 0 aromatic heterocycles. The van der Waals surface area contributed by atoms with E-state index in [9.17, 15) is 8.42 Å². The maximum Gasteiger partial charge on any atom is 0.180 e. The molecule has 1 rings (SSSR count). The molecule has 1 aromatic rings. The van der Waals surface area contributed by atoms with Crippen LogP contribution in [0.25, 0.3) is 6.08 Å². The van der Waals surface area contributed by atoms with Gasteiger partial charge in [-0.3, -0.25) is 0 Å². The summed E-state index contributed by atoms with van der Waals surface area (Å²) in [6, 6.07) is 6.88. The first-order valence-electron chi connectivity index (χ1n) is 5.19. The number of rotatable bonds is 4. The van der Waals surface area contributed by atoms with E-state index in [1.54, 1.807) is 38.1 Å². The van der Waals surface area contributed by atoms with E-state index in [-0.39, 0.29) is 0 Å². The van der Waals surface area contributed by atoms with Crippen LogP contribution in [0.5, 0.6) is 0 Å². The molecule has 0 aliphatic carbocycles. The summed E-state index contributed by atoms with van der Waals surface area (Å²) in [7, 11) is -3.19. The zero-order valence-electron chi connectivity index (χ0n) is 9.55. The van der Waals surface area contributed by atoms with E-state index in [1.165, 1.54) is 0 Å². The van der Waals surface area contributed by atoms with Crippen molar-refractivity contribution in [1.82, 2.24) is 0 Å². The van der Waals surface area contributed by atoms with E-state index in [0.29, 0.717) is 11.4 Å². The summed E-state index contributed by atoms with van der Waals surface area (Å²) in [5, 5.41) is -0.402. The first-order chi connectivity index (χ1) is 7.48. The highest BCUT2D eigenvalue weighted by Crippen LogP contribution is 2.17. The summed E-state index contributed by atoms with van der Waals surface area (Å²) in [5.74, 6) is 0. The Hall–Kier alpha value is -1.13. The van der Waals surface area contributed by atoms with E-state index >= 15 is 0 Å². The first-order valence-corrected chi connectivity index (χ1v) is 6.73. The van der Waals surface area contributed by atoms with Gasteiger partial charge in [-0.1, -0.05) is 24.3 Å². The van der Waals surface area contributed by atoms with Crippen molar-refractivity contribution in [3.63, 3.8) is 0 Å². The molecule has 3 nitrogen and oxygen atoms in total. The van der Waals surface area contributed by atoms with Crippen LogP contribution in [-0.2, 0) is 9.84 Å². The van der Waals surface area contributed by atoms with E-state index in [1.807, 2.05) is 12.1 Å². The molecule has 0 heterocycles. The summed E-state index contributed by atoms with van der Waals surface area (Å²) >= 11 is 0. The number of hydrogen-bond donors (Lipinski definition) is 1. The third-order valence-electron chi connectivity index (χ3n) is 2.25. The lowest BCUT2D eigenvalue weighted by atomic mass is 10.2. The average molecular weight is 239 g/mol. The van der Waals surface area contributed by atoms with Crippen LogP contribution in [0.1, 0.15) is 19.4 Å². The zero-order valence-corrected chi connectivity index (χ0v) is 10.4. The number of hydrogen-bond acceptors (Lipinski definition) is 3. The van der Waals surface area contributed by atoms with E-state index < -0.39 is 15.1 Å². The summed E-state index contributed by atoms with van der Waals surface area (Å²) < 4.78 is 23.8. The minimum absolute atomic E-state index is 0.363. The van der Waals surface area contributed by atoms with Crippen LogP contribution in [0.2, 0.25) is 0 Å². The van der Waals surface area contributed by atoms with Crippen LogP contribution in [0, 0.1) is 0 Å². The maximum absolute atomic E-state index is 11.9. The summed E-state index contributed by atoms with van der Waals surface area (Å²) in [4.78, 5) is 0.363. The highest BCUT2D eigenvalue weighted by molar-refractivity contribution is 7.92. The van der Waals surface area contributed by atoms with Crippen LogP contribution in [0.3, 0.4) is 0 Å². The molecule has 0 radical (unpaired) electrons. The minimum atomic E-state index is -3.19. The van der Waals surface area contributed by atoms with Crippen molar-refractivity contribution in [3.8, 4) is 0 Å². The Balaban J connectivity index is 3.13. The SMILES string of the molecule is CC(C)S(=O)(=O)c1cccc(C=CCN)c1. The quantitative estimate of drug-likeness (QED) is 0.872. The molecular formula is C12H17NO2S. The van der Waals surface area contributed by atoms with Crippen molar-refractivity contribution in [2.24, 2.45) is 5.73 Å². The van der Waals surface area contributed by atoms with Gasteiger partial charge in [0.25, 0.3) is 0 Å². The van der Waals surface area contributed by atoms with Crippen molar-refractivity contribution in [2.75, 3.05) is 6.54 Å². The van der Waals surface area contributed by atoms with Gasteiger partial charge in [-0.15, -0.1) is 0 Å². The Kier molecular flexibility index (Phi) is 4.26. The van der Waals surface area contributed by atoms with Crippen molar-refractivity contribution in [3.05, 3.63) is 35.9 Å². The van der Waals surface area contributed by atoms with Gasteiger partial charge in [0, 0.05) is 6.54 Å². The van der Waals surface area contributed by atoms with Crippen LogP contribution >= 0.6 is 0 Å². The van der Waals surface area contributed by atoms with E-state index in [0.717, 1.165) is 5.56 Å². The fourth-order valence-electron chi connectivity index (χ4n) is 1.27. The fourth-order valence-corrected chi connectivity index (χ4v) is 2.38. The second-order valence-electron chi connectivity index (χ2n) is 3.80. The van der Waals surface area contributed by atoms with E-state index in [4.69, 9.17) is 5.73 Å². The normalized spacial score (nSPS) is 12.5. The van der Waals surface area contributed by atoms with Gasteiger partial charge in [0.05, 0.1) is 10.1 Å². The molecule has 4 heteroatoms. The monoisotopic (exact) mass is 239 g/mol.